The van der Waals surface area contributed by atoms with Crippen LogP contribution in [-0.2, 0) is 7.05 Å². The number of carbonyl (C=O) groups is 1. The van der Waals surface area contributed by atoms with Crippen LogP contribution >= 0.6 is 0 Å². The number of ketones is 1. The lowest BCUT2D eigenvalue weighted by atomic mass is 9.89. The van der Waals surface area contributed by atoms with Crippen LogP contribution in [0.5, 0.6) is 0 Å². The molecule has 1 saturated carbocycles. The topological polar surface area (TPSA) is 34.9 Å². The van der Waals surface area contributed by atoms with Crippen LogP contribution in [0.1, 0.15) is 55.1 Å². The second-order valence-electron chi connectivity index (χ2n) is 4.89. The fourth-order valence-electron chi connectivity index (χ4n) is 2.57. The highest BCUT2D eigenvalue weighted by Gasteiger charge is 2.13. The maximum Gasteiger partial charge on any atom is 0.178 e. The van der Waals surface area contributed by atoms with Gasteiger partial charge >= 0.3 is 0 Å². The number of aryl methyl sites for hydroxylation is 1. The van der Waals surface area contributed by atoms with Crippen molar-refractivity contribution >= 4 is 11.9 Å². The standard InChI is InChI=1S/C14H20N2O/c1-11(17)14-13(10-15-16(14)2)9-8-12-6-4-3-5-7-12/h8-10,12H,3-7H2,1-2H3/b9-8+. The van der Waals surface area contributed by atoms with Gasteiger partial charge in [-0.1, -0.05) is 31.4 Å². The molecule has 92 valence electrons. The summed E-state index contributed by atoms with van der Waals surface area (Å²) in [5.74, 6) is 0.761. The van der Waals surface area contributed by atoms with Crippen molar-refractivity contribution in [1.29, 1.82) is 0 Å². The molecule has 0 aromatic carbocycles. The minimum Gasteiger partial charge on any atom is -0.293 e. The number of nitrogens with zero attached hydrogens (tertiary/aromatic N) is 2. The first-order chi connectivity index (χ1) is 8.18. The molecular formula is C14H20N2O. The normalized spacial score (nSPS) is 17.8. The molecule has 0 unspecified atom stereocenters. The van der Waals surface area contributed by atoms with E-state index in [0.717, 1.165) is 5.56 Å². The van der Waals surface area contributed by atoms with Crippen LogP contribution in [0, 0.1) is 5.92 Å². The van der Waals surface area contributed by atoms with Crippen molar-refractivity contribution in [3.05, 3.63) is 23.5 Å². The average molecular weight is 232 g/mol. The summed E-state index contributed by atoms with van der Waals surface area (Å²) in [6.45, 7) is 1.59. The molecule has 0 radical (unpaired) electrons. The van der Waals surface area contributed by atoms with Gasteiger partial charge in [0.2, 0.25) is 0 Å². The zero-order valence-corrected chi connectivity index (χ0v) is 10.6. The maximum atomic E-state index is 11.5. The van der Waals surface area contributed by atoms with Gasteiger partial charge in [-0.3, -0.25) is 9.48 Å². The monoisotopic (exact) mass is 232 g/mol. The summed E-state index contributed by atoms with van der Waals surface area (Å²) in [6, 6.07) is 0. The fourth-order valence-corrected chi connectivity index (χ4v) is 2.57. The summed E-state index contributed by atoms with van der Waals surface area (Å²) >= 11 is 0. The van der Waals surface area contributed by atoms with E-state index in [0.29, 0.717) is 11.6 Å². The van der Waals surface area contributed by atoms with E-state index in [-0.39, 0.29) is 5.78 Å². The molecule has 1 aliphatic carbocycles. The number of Topliss-reactive ketones (excluding diaryl/α,β-unsaturated/α-hetero) is 1. The molecule has 0 spiro atoms. The Hall–Kier alpha value is -1.38. The summed E-state index contributed by atoms with van der Waals surface area (Å²) < 4.78 is 1.66. The van der Waals surface area contributed by atoms with E-state index in [1.165, 1.54) is 32.1 Å². The summed E-state index contributed by atoms with van der Waals surface area (Å²) in [5.41, 5.74) is 1.66. The van der Waals surface area contributed by atoms with Crippen molar-refractivity contribution in [2.75, 3.05) is 0 Å². The van der Waals surface area contributed by atoms with E-state index < -0.39 is 0 Å². The van der Waals surface area contributed by atoms with Gasteiger partial charge < -0.3 is 0 Å². The predicted octanol–water partition coefficient (Wildman–Crippen LogP) is 3.22. The van der Waals surface area contributed by atoms with E-state index in [4.69, 9.17) is 0 Å². The van der Waals surface area contributed by atoms with Gasteiger partial charge in [-0.15, -0.1) is 0 Å². The van der Waals surface area contributed by atoms with Gasteiger partial charge in [0, 0.05) is 19.5 Å². The molecule has 0 bridgehead atoms. The van der Waals surface area contributed by atoms with Crippen LogP contribution in [0.4, 0.5) is 0 Å². The van der Waals surface area contributed by atoms with Crippen LogP contribution < -0.4 is 0 Å². The average Bonchev–Trinajstić information content (AvgIpc) is 2.69. The molecule has 0 aliphatic heterocycles. The van der Waals surface area contributed by atoms with E-state index in [9.17, 15) is 4.79 Å². The largest absolute Gasteiger partial charge is 0.293 e. The third kappa shape index (κ3) is 2.84. The molecule has 0 saturated heterocycles. The highest BCUT2D eigenvalue weighted by Crippen LogP contribution is 2.25. The Labute approximate surface area is 103 Å². The van der Waals surface area contributed by atoms with Gasteiger partial charge in [0.25, 0.3) is 0 Å². The predicted molar refractivity (Wildman–Crippen MR) is 68.8 cm³/mol. The van der Waals surface area contributed by atoms with Crippen molar-refractivity contribution in [1.82, 2.24) is 9.78 Å². The van der Waals surface area contributed by atoms with Crippen molar-refractivity contribution in [2.45, 2.75) is 39.0 Å². The first-order valence-corrected chi connectivity index (χ1v) is 6.39. The summed E-state index contributed by atoms with van der Waals surface area (Å²) in [7, 11) is 1.81. The maximum absolute atomic E-state index is 11.5. The van der Waals surface area contributed by atoms with E-state index >= 15 is 0 Å². The molecule has 3 heteroatoms. The lowest BCUT2D eigenvalue weighted by molar-refractivity contribution is 0.100. The number of rotatable bonds is 3. The lowest BCUT2D eigenvalue weighted by Gasteiger charge is -2.17. The van der Waals surface area contributed by atoms with Gasteiger partial charge in [0.1, 0.15) is 5.69 Å². The van der Waals surface area contributed by atoms with Crippen molar-refractivity contribution in [3.8, 4) is 0 Å². The highest BCUT2D eigenvalue weighted by atomic mass is 16.1. The molecule has 1 aliphatic rings. The van der Waals surface area contributed by atoms with E-state index in [2.05, 4.69) is 17.3 Å². The zero-order chi connectivity index (χ0) is 12.3. The third-order valence-corrected chi connectivity index (χ3v) is 3.50. The van der Waals surface area contributed by atoms with Crippen LogP contribution in [0.25, 0.3) is 6.08 Å². The molecule has 0 atom stereocenters. The summed E-state index contributed by atoms with van der Waals surface area (Å²) in [6.07, 6.45) is 12.7. The summed E-state index contributed by atoms with van der Waals surface area (Å²) in [5, 5.41) is 4.15. The van der Waals surface area contributed by atoms with Gasteiger partial charge in [0.15, 0.2) is 5.78 Å². The minimum atomic E-state index is 0.0771. The Morgan fingerprint density at radius 1 is 1.41 bits per heavy atom. The molecular weight excluding hydrogens is 212 g/mol. The van der Waals surface area contributed by atoms with Crippen LogP contribution in [0.3, 0.4) is 0 Å². The second-order valence-corrected chi connectivity index (χ2v) is 4.89. The Kier molecular flexibility index (Phi) is 3.77. The number of aromatic nitrogens is 2. The van der Waals surface area contributed by atoms with Gasteiger partial charge in [-0.05, 0) is 18.8 Å². The smallest absolute Gasteiger partial charge is 0.178 e. The lowest BCUT2D eigenvalue weighted by Crippen LogP contribution is -2.05. The quantitative estimate of drug-likeness (QED) is 0.750. The second kappa shape index (κ2) is 5.30. The molecule has 1 aromatic heterocycles. The SMILES string of the molecule is CC(=O)c1c(/C=C/C2CCCCC2)cnn1C. The highest BCUT2D eigenvalue weighted by molar-refractivity contribution is 5.95. The van der Waals surface area contributed by atoms with Crippen molar-refractivity contribution in [3.63, 3.8) is 0 Å². The molecule has 0 amide bonds. The molecule has 1 fully saturated rings. The van der Waals surface area contributed by atoms with Gasteiger partial charge in [0.05, 0.1) is 6.20 Å². The van der Waals surface area contributed by atoms with E-state index in [1.807, 2.05) is 7.05 Å². The first kappa shape index (κ1) is 12.1. The minimum absolute atomic E-state index is 0.0771. The third-order valence-electron chi connectivity index (χ3n) is 3.50. The molecule has 1 aromatic rings. The zero-order valence-electron chi connectivity index (χ0n) is 10.6. The molecule has 17 heavy (non-hydrogen) atoms. The molecule has 2 rings (SSSR count). The van der Waals surface area contributed by atoms with Gasteiger partial charge in [-0.25, -0.2) is 0 Å². The van der Waals surface area contributed by atoms with E-state index in [1.54, 1.807) is 17.8 Å². The molecule has 3 nitrogen and oxygen atoms in total. The number of allylic oxidation sites excluding steroid dienone is 1. The van der Waals surface area contributed by atoms with Gasteiger partial charge in [-0.2, -0.15) is 5.10 Å². The van der Waals surface area contributed by atoms with Crippen molar-refractivity contribution in [2.24, 2.45) is 13.0 Å². The van der Waals surface area contributed by atoms with Crippen molar-refractivity contribution < 1.29 is 4.79 Å². The number of carbonyl (C=O) groups excluding carboxylic acids is 1. The molecule has 0 N–H and O–H groups in total. The Morgan fingerprint density at radius 3 is 2.76 bits per heavy atom. The molecule has 1 heterocycles. The van der Waals surface area contributed by atoms with Crippen LogP contribution in [0.15, 0.2) is 12.3 Å². The first-order valence-electron chi connectivity index (χ1n) is 6.39. The van der Waals surface area contributed by atoms with Crippen LogP contribution in [-0.4, -0.2) is 15.6 Å². The Balaban J connectivity index is 2.12. The van der Waals surface area contributed by atoms with Crippen LogP contribution in [0.2, 0.25) is 0 Å². The summed E-state index contributed by atoms with van der Waals surface area (Å²) in [4.78, 5) is 11.5. The number of hydrogen-bond acceptors (Lipinski definition) is 2. The number of hydrogen-bond donors (Lipinski definition) is 0. The Morgan fingerprint density at radius 2 is 2.12 bits per heavy atom. The Bertz CT molecular complexity index is 425. The fraction of sp³-hybridized carbons (Fsp3) is 0.571.